The van der Waals surface area contributed by atoms with Crippen molar-refractivity contribution >= 4 is 39.1 Å². The van der Waals surface area contributed by atoms with E-state index in [0.29, 0.717) is 13.0 Å². The van der Waals surface area contributed by atoms with Gasteiger partial charge in [0.05, 0.1) is 15.6 Å². The third kappa shape index (κ3) is 6.74. The molecule has 202 valence electrons. The van der Waals surface area contributed by atoms with Crippen LogP contribution in [0.1, 0.15) is 37.0 Å². The first-order chi connectivity index (χ1) is 18.1. The van der Waals surface area contributed by atoms with E-state index < -0.39 is 28.5 Å². The van der Waals surface area contributed by atoms with Crippen LogP contribution in [-0.2, 0) is 26.2 Å². The molecule has 0 aliphatic carbocycles. The van der Waals surface area contributed by atoms with Gasteiger partial charge < -0.3 is 10.2 Å². The van der Waals surface area contributed by atoms with Gasteiger partial charge in [-0.2, -0.15) is 0 Å². The van der Waals surface area contributed by atoms with Gasteiger partial charge >= 0.3 is 0 Å². The Morgan fingerprint density at radius 1 is 0.921 bits per heavy atom. The number of nitrogens with zero attached hydrogens (tertiary/aromatic N) is 2. The molecular formula is C29H34ClN3O4S. The summed E-state index contributed by atoms with van der Waals surface area (Å²) in [7, 11) is -4.17. The van der Waals surface area contributed by atoms with Crippen molar-refractivity contribution in [1.82, 2.24) is 10.2 Å². The Morgan fingerprint density at radius 2 is 1.55 bits per heavy atom. The van der Waals surface area contributed by atoms with Crippen molar-refractivity contribution in [2.45, 2.75) is 51.6 Å². The van der Waals surface area contributed by atoms with E-state index in [2.05, 4.69) is 5.32 Å². The lowest BCUT2D eigenvalue weighted by atomic mass is 10.1. The number of amides is 2. The first kappa shape index (κ1) is 29.2. The van der Waals surface area contributed by atoms with Crippen LogP contribution in [0.15, 0.2) is 77.7 Å². The number of para-hydroxylation sites is 1. The van der Waals surface area contributed by atoms with E-state index in [1.165, 1.54) is 17.0 Å². The minimum Gasteiger partial charge on any atom is -0.355 e. The lowest BCUT2D eigenvalue weighted by Gasteiger charge is -2.33. The monoisotopic (exact) mass is 555 g/mol. The molecule has 1 N–H and O–H groups in total. The van der Waals surface area contributed by atoms with Crippen LogP contribution in [0.3, 0.4) is 0 Å². The van der Waals surface area contributed by atoms with Gasteiger partial charge in [0.1, 0.15) is 12.6 Å². The van der Waals surface area contributed by atoms with Crippen LogP contribution in [0, 0.1) is 13.8 Å². The summed E-state index contributed by atoms with van der Waals surface area (Å²) >= 11 is 6.44. The molecule has 0 bridgehead atoms. The number of carbonyl (C=O) groups excluding carboxylic acids is 2. The molecule has 0 radical (unpaired) electrons. The molecule has 0 unspecified atom stereocenters. The Bertz CT molecular complexity index is 1380. The molecule has 38 heavy (non-hydrogen) atoms. The minimum atomic E-state index is -4.17. The van der Waals surface area contributed by atoms with Crippen LogP contribution >= 0.6 is 11.6 Å². The average Bonchev–Trinajstić information content (AvgIpc) is 2.89. The molecule has 0 aliphatic heterocycles. The SMILES string of the molecule is CCNC(=O)[C@H](CC)N(Cc1ccccc1C)C(=O)CN(c1ccccc1Cl)S(=O)(=O)c1ccc(C)cc1. The summed E-state index contributed by atoms with van der Waals surface area (Å²) in [6, 6.07) is 19.7. The Labute approximate surface area is 230 Å². The third-order valence-electron chi connectivity index (χ3n) is 6.35. The number of aryl methyl sites for hydroxylation is 2. The molecule has 0 saturated carbocycles. The van der Waals surface area contributed by atoms with Gasteiger partial charge in [-0.1, -0.05) is 72.6 Å². The first-order valence-corrected chi connectivity index (χ1v) is 14.4. The van der Waals surface area contributed by atoms with E-state index in [0.717, 1.165) is 21.0 Å². The summed E-state index contributed by atoms with van der Waals surface area (Å²) in [5.41, 5.74) is 2.92. The zero-order valence-corrected chi connectivity index (χ0v) is 23.7. The van der Waals surface area contributed by atoms with Crippen LogP contribution < -0.4 is 9.62 Å². The molecule has 7 nitrogen and oxygen atoms in total. The predicted octanol–water partition coefficient (Wildman–Crippen LogP) is 5.10. The number of hydrogen-bond acceptors (Lipinski definition) is 4. The zero-order chi connectivity index (χ0) is 27.9. The van der Waals surface area contributed by atoms with E-state index in [4.69, 9.17) is 11.6 Å². The first-order valence-electron chi connectivity index (χ1n) is 12.6. The molecule has 0 spiro atoms. The van der Waals surface area contributed by atoms with Crippen molar-refractivity contribution in [2.75, 3.05) is 17.4 Å². The minimum absolute atomic E-state index is 0.0389. The average molecular weight is 556 g/mol. The van der Waals surface area contributed by atoms with Crippen LogP contribution in [0.5, 0.6) is 0 Å². The summed E-state index contributed by atoms with van der Waals surface area (Å²) in [4.78, 5) is 28.5. The van der Waals surface area contributed by atoms with E-state index in [9.17, 15) is 18.0 Å². The van der Waals surface area contributed by atoms with Gasteiger partial charge in [-0.3, -0.25) is 13.9 Å². The van der Waals surface area contributed by atoms with Gasteiger partial charge in [-0.15, -0.1) is 0 Å². The van der Waals surface area contributed by atoms with Crippen LogP contribution in [0.4, 0.5) is 5.69 Å². The zero-order valence-electron chi connectivity index (χ0n) is 22.1. The molecule has 0 heterocycles. The van der Waals surface area contributed by atoms with Gasteiger partial charge in [-0.25, -0.2) is 8.42 Å². The lowest BCUT2D eigenvalue weighted by molar-refractivity contribution is -0.140. The molecular weight excluding hydrogens is 522 g/mol. The summed E-state index contributed by atoms with van der Waals surface area (Å²) in [6.45, 7) is 7.47. The number of sulfonamides is 1. The maximum atomic E-state index is 14.0. The van der Waals surface area contributed by atoms with Crippen LogP contribution in [0.25, 0.3) is 0 Å². The fourth-order valence-corrected chi connectivity index (χ4v) is 5.91. The second-order valence-corrected chi connectivity index (χ2v) is 11.3. The quantitative estimate of drug-likeness (QED) is 0.357. The second-order valence-electron chi connectivity index (χ2n) is 9.04. The lowest BCUT2D eigenvalue weighted by Crippen LogP contribution is -2.52. The molecule has 0 aromatic heterocycles. The third-order valence-corrected chi connectivity index (χ3v) is 8.44. The Kier molecular flexibility index (Phi) is 9.94. The fourth-order valence-electron chi connectivity index (χ4n) is 4.19. The van der Waals surface area contributed by atoms with Crippen LogP contribution in [-0.4, -0.2) is 44.3 Å². The van der Waals surface area contributed by atoms with Crippen molar-refractivity contribution in [3.05, 3.63) is 94.5 Å². The van der Waals surface area contributed by atoms with Gasteiger partial charge in [0.2, 0.25) is 11.8 Å². The topological polar surface area (TPSA) is 86.8 Å². The Hall–Kier alpha value is -3.36. The van der Waals surface area contributed by atoms with E-state index >= 15 is 0 Å². The molecule has 9 heteroatoms. The number of hydrogen-bond donors (Lipinski definition) is 1. The number of nitrogens with one attached hydrogen (secondary N) is 1. The highest BCUT2D eigenvalue weighted by Crippen LogP contribution is 2.31. The van der Waals surface area contributed by atoms with Gasteiger partial charge in [0.25, 0.3) is 10.0 Å². The maximum absolute atomic E-state index is 14.0. The highest BCUT2D eigenvalue weighted by atomic mass is 35.5. The standard InChI is InChI=1S/C29H34ClN3O4S/c1-5-26(29(35)31-6-2)32(19-23-12-8-7-11-22(23)4)28(34)20-33(27-14-10-9-13-25(27)30)38(36,37)24-17-15-21(3)16-18-24/h7-18,26H,5-6,19-20H2,1-4H3,(H,31,35)/t26-/m0/s1. The summed E-state index contributed by atoms with van der Waals surface area (Å²) < 4.78 is 28.7. The molecule has 0 saturated heterocycles. The molecule has 2 amide bonds. The predicted molar refractivity (Wildman–Crippen MR) is 152 cm³/mol. The number of likely N-dealkylation sites (N-methyl/N-ethyl adjacent to an activating group) is 1. The van der Waals surface area contributed by atoms with E-state index in [1.54, 1.807) is 36.4 Å². The smallest absolute Gasteiger partial charge is 0.264 e. The number of anilines is 1. The van der Waals surface area contributed by atoms with Crippen molar-refractivity contribution < 1.29 is 18.0 Å². The number of halogens is 1. The van der Waals surface area contributed by atoms with Gasteiger partial charge in [0.15, 0.2) is 0 Å². The molecule has 3 rings (SSSR count). The number of benzene rings is 3. The molecule has 1 atom stereocenters. The van der Waals surface area contributed by atoms with Crippen molar-refractivity contribution in [3.63, 3.8) is 0 Å². The Balaban J connectivity index is 2.08. The van der Waals surface area contributed by atoms with Crippen molar-refractivity contribution in [1.29, 1.82) is 0 Å². The fraction of sp³-hybridized carbons (Fsp3) is 0.310. The molecule has 0 fully saturated rings. The maximum Gasteiger partial charge on any atom is 0.264 e. The molecule has 3 aromatic carbocycles. The molecule has 0 aliphatic rings. The number of carbonyl (C=O) groups is 2. The highest BCUT2D eigenvalue weighted by Gasteiger charge is 2.34. The van der Waals surface area contributed by atoms with Crippen molar-refractivity contribution in [3.8, 4) is 0 Å². The highest BCUT2D eigenvalue weighted by molar-refractivity contribution is 7.92. The van der Waals surface area contributed by atoms with Gasteiger partial charge in [0, 0.05) is 13.1 Å². The number of rotatable bonds is 11. The van der Waals surface area contributed by atoms with E-state index in [1.807, 2.05) is 52.0 Å². The van der Waals surface area contributed by atoms with Crippen LogP contribution in [0.2, 0.25) is 5.02 Å². The Morgan fingerprint density at radius 3 is 2.16 bits per heavy atom. The molecule has 3 aromatic rings. The largest absolute Gasteiger partial charge is 0.355 e. The van der Waals surface area contributed by atoms with Crippen molar-refractivity contribution in [2.24, 2.45) is 0 Å². The summed E-state index contributed by atoms with van der Waals surface area (Å²) in [6.07, 6.45) is 0.361. The summed E-state index contributed by atoms with van der Waals surface area (Å²) in [5.74, 6) is -0.801. The van der Waals surface area contributed by atoms with E-state index in [-0.39, 0.29) is 28.1 Å². The van der Waals surface area contributed by atoms with Gasteiger partial charge in [-0.05, 0) is 62.6 Å². The normalized spacial score (nSPS) is 12.0. The second kappa shape index (κ2) is 12.9. The summed E-state index contributed by atoms with van der Waals surface area (Å²) in [5, 5.41) is 2.99.